The summed E-state index contributed by atoms with van der Waals surface area (Å²) in [5.74, 6) is 0. The molecule has 3 aromatic rings. The maximum atomic E-state index is 11.4. The summed E-state index contributed by atoms with van der Waals surface area (Å²) in [5.41, 5.74) is 2.34. The minimum Gasteiger partial charge on any atom is -0.299 e. The standard InChI is InChI=1S/C13H11N3O2S/c14-19(17,18)11-6-7-12-13(8-11)16(9-15-12)10-4-2-1-3-5-10/h1-9H,(H2,14,17,18). The highest BCUT2D eigenvalue weighted by Crippen LogP contribution is 2.20. The van der Waals surface area contributed by atoms with Crippen LogP contribution in [0.5, 0.6) is 0 Å². The summed E-state index contributed by atoms with van der Waals surface area (Å²) in [7, 11) is -3.71. The molecule has 2 N–H and O–H groups in total. The number of nitrogens with zero attached hydrogens (tertiary/aromatic N) is 2. The van der Waals surface area contributed by atoms with Crippen molar-refractivity contribution in [2.45, 2.75) is 4.90 Å². The number of para-hydroxylation sites is 1. The minimum absolute atomic E-state index is 0.0812. The highest BCUT2D eigenvalue weighted by atomic mass is 32.2. The molecule has 3 rings (SSSR count). The Balaban J connectivity index is 2.28. The molecule has 19 heavy (non-hydrogen) atoms. The molecule has 5 nitrogen and oxygen atoms in total. The molecule has 1 heterocycles. The van der Waals surface area contributed by atoms with Crippen LogP contribution in [0.15, 0.2) is 59.8 Å². The van der Waals surface area contributed by atoms with Crippen molar-refractivity contribution in [1.82, 2.24) is 9.55 Å². The van der Waals surface area contributed by atoms with Crippen molar-refractivity contribution >= 4 is 21.1 Å². The topological polar surface area (TPSA) is 78.0 Å². The number of primary sulfonamides is 1. The lowest BCUT2D eigenvalue weighted by atomic mass is 10.3. The molecule has 96 valence electrons. The number of imidazole rings is 1. The number of hydrogen-bond acceptors (Lipinski definition) is 3. The Morgan fingerprint density at radius 3 is 2.47 bits per heavy atom. The Hall–Kier alpha value is -2.18. The number of sulfonamides is 1. The van der Waals surface area contributed by atoms with Crippen molar-refractivity contribution < 1.29 is 8.42 Å². The number of hydrogen-bond donors (Lipinski definition) is 1. The summed E-state index contributed by atoms with van der Waals surface area (Å²) in [6, 6.07) is 14.2. The summed E-state index contributed by atoms with van der Waals surface area (Å²) in [4.78, 5) is 4.33. The summed E-state index contributed by atoms with van der Waals surface area (Å²) >= 11 is 0. The van der Waals surface area contributed by atoms with E-state index in [0.717, 1.165) is 11.2 Å². The molecular weight excluding hydrogens is 262 g/mol. The van der Waals surface area contributed by atoms with Crippen LogP contribution in [0.4, 0.5) is 0 Å². The van der Waals surface area contributed by atoms with Gasteiger partial charge in [-0.15, -0.1) is 0 Å². The van der Waals surface area contributed by atoms with Crippen LogP contribution in [0.1, 0.15) is 0 Å². The van der Waals surface area contributed by atoms with Gasteiger partial charge in [-0.25, -0.2) is 18.5 Å². The number of fused-ring (bicyclic) bond motifs is 1. The summed E-state index contributed by atoms with van der Waals surface area (Å²) in [6.07, 6.45) is 1.66. The van der Waals surface area contributed by atoms with Crippen molar-refractivity contribution in [3.8, 4) is 5.69 Å². The van der Waals surface area contributed by atoms with Crippen molar-refractivity contribution in [1.29, 1.82) is 0 Å². The molecule has 6 heteroatoms. The molecule has 0 radical (unpaired) electrons. The molecule has 0 bridgehead atoms. The fourth-order valence-electron chi connectivity index (χ4n) is 1.96. The summed E-state index contributed by atoms with van der Waals surface area (Å²) in [5, 5.41) is 5.15. The second-order valence-corrected chi connectivity index (χ2v) is 5.71. The van der Waals surface area contributed by atoms with Crippen LogP contribution in [0.2, 0.25) is 0 Å². The first kappa shape index (κ1) is 11.9. The van der Waals surface area contributed by atoms with E-state index < -0.39 is 10.0 Å². The Kier molecular flexibility index (Phi) is 2.62. The van der Waals surface area contributed by atoms with Crippen molar-refractivity contribution in [2.24, 2.45) is 5.14 Å². The van der Waals surface area contributed by atoms with Gasteiger partial charge in [0.25, 0.3) is 0 Å². The predicted molar refractivity (Wildman–Crippen MR) is 72.4 cm³/mol. The van der Waals surface area contributed by atoms with Gasteiger partial charge in [-0.05, 0) is 30.3 Å². The predicted octanol–water partition coefficient (Wildman–Crippen LogP) is 1.67. The van der Waals surface area contributed by atoms with E-state index in [1.165, 1.54) is 12.1 Å². The first-order valence-electron chi connectivity index (χ1n) is 5.61. The fourth-order valence-corrected chi connectivity index (χ4v) is 2.49. The van der Waals surface area contributed by atoms with Crippen molar-refractivity contribution in [2.75, 3.05) is 0 Å². The second kappa shape index (κ2) is 4.18. The average Bonchev–Trinajstić information content (AvgIpc) is 2.81. The number of nitrogens with two attached hydrogens (primary N) is 1. The summed E-state index contributed by atoms with van der Waals surface area (Å²) in [6.45, 7) is 0. The lowest BCUT2D eigenvalue weighted by molar-refractivity contribution is 0.598. The van der Waals surface area contributed by atoms with Gasteiger partial charge in [-0.2, -0.15) is 0 Å². The van der Waals surface area contributed by atoms with Gasteiger partial charge >= 0.3 is 0 Å². The molecule has 0 aliphatic heterocycles. The first-order chi connectivity index (χ1) is 9.05. The third-order valence-electron chi connectivity index (χ3n) is 2.88. The molecule has 0 fully saturated rings. The van der Waals surface area contributed by atoms with E-state index in [2.05, 4.69) is 4.98 Å². The molecular formula is C13H11N3O2S. The quantitative estimate of drug-likeness (QED) is 0.771. The molecule has 0 atom stereocenters. The van der Waals surface area contributed by atoms with E-state index in [1.54, 1.807) is 12.4 Å². The molecule has 0 amide bonds. The van der Waals surface area contributed by atoms with Crippen LogP contribution >= 0.6 is 0 Å². The molecule has 0 saturated carbocycles. The van der Waals surface area contributed by atoms with E-state index in [0.29, 0.717) is 5.52 Å². The Bertz CT molecular complexity index is 839. The van der Waals surface area contributed by atoms with Crippen LogP contribution < -0.4 is 5.14 Å². The number of aromatic nitrogens is 2. The van der Waals surface area contributed by atoms with Gasteiger partial charge in [0, 0.05) is 5.69 Å². The average molecular weight is 273 g/mol. The minimum atomic E-state index is -3.71. The van der Waals surface area contributed by atoms with Gasteiger partial charge in [0.05, 0.1) is 15.9 Å². The van der Waals surface area contributed by atoms with E-state index in [4.69, 9.17) is 5.14 Å². The van der Waals surface area contributed by atoms with E-state index in [9.17, 15) is 8.42 Å². The molecule has 1 aromatic heterocycles. The highest BCUT2D eigenvalue weighted by Gasteiger charge is 2.11. The molecule has 2 aromatic carbocycles. The van der Waals surface area contributed by atoms with Crippen LogP contribution in [0.25, 0.3) is 16.7 Å². The third-order valence-corrected chi connectivity index (χ3v) is 3.79. The zero-order chi connectivity index (χ0) is 13.5. The molecule has 0 aliphatic rings. The smallest absolute Gasteiger partial charge is 0.238 e. The normalized spacial score (nSPS) is 11.8. The van der Waals surface area contributed by atoms with Crippen molar-refractivity contribution in [3.05, 3.63) is 54.9 Å². The first-order valence-corrected chi connectivity index (χ1v) is 7.16. The lowest BCUT2D eigenvalue weighted by Gasteiger charge is -2.04. The molecule has 0 aliphatic carbocycles. The Labute approximate surface area is 110 Å². The maximum Gasteiger partial charge on any atom is 0.238 e. The monoisotopic (exact) mass is 273 g/mol. The second-order valence-electron chi connectivity index (χ2n) is 4.15. The molecule has 0 unspecified atom stereocenters. The molecule has 0 spiro atoms. The van der Waals surface area contributed by atoms with E-state index in [1.807, 2.05) is 34.9 Å². The SMILES string of the molecule is NS(=O)(=O)c1ccc2ncn(-c3ccccc3)c2c1. The van der Waals surface area contributed by atoms with Gasteiger partial charge in [-0.3, -0.25) is 4.57 Å². The highest BCUT2D eigenvalue weighted by molar-refractivity contribution is 7.89. The van der Waals surface area contributed by atoms with Gasteiger partial charge in [0.15, 0.2) is 0 Å². The lowest BCUT2D eigenvalue weighted by Crippen LogP contribution is -2.12. The van der Waals surface area contributed by atoms with Crippen molar-refractivity contribution in [3.63, 3.8) is 0 Å². The van der Waals surface area contributed by atoms with Gasteiger partial charge in [0.2, 0.25) is 10.0 Å². The number of rotatable bonds is 2. The molecule has 0 saturated heterocycles. The summed E-state index contributed by atoms with van der Waals surface area (Å²) < 4.78 is 24.6. The van der Waals surface area contributed by atoms with E-state index >= 15 is 0 Å². The zero-order valence-corrected chi connectivity index (χ0v) is 10.7. The third kappa shape index (κ3) is 2.11. The van der Waals surface area contributed by atoms with Crippen LogP contribution in [0, 0.1) is 0 Å². The number of benzene rings is 2. The Morgan fingerprint density at radius 1 is 1.05 bits per heavy atom. The maximum absolute atomic E-state index is 11.4. The Morgan fingerprint density at radius 2 is 1.79 bits per heavy atom. The van der Waals surface area contributed by atoms with E-state index in [-0.39, 0.29) is 4.90 Å². The zero-order valence-electron chi connectivity index (χ0n) is 9.89. The van der Waals surface area contributed by atoms with Gasteiger partial charge in [0.1, 0.15) is 6.33 Å². The fraction of sp³-hybridized carbons (Fsp3) is 0. The van der Waals surface area contributed by atoms with Gasteiger partial charge < -0.3 is 0 Å². The van der Waals surface area contributed by atoms with Crippen LogP contribution in [0.3, 0.4) is 0 Å². The largest absolute Gasteiger partial charge is 0.299 e. The van der Waals surface area contributed by atoms with Crippen LogP contribution in [-0.4, -0.2) is 18.0 Å². The van der Waals surface area contributed by atoms with Crippen LogP contribution in [-0.2, 0) is 10.0 Å². The van der Waals surface area contributed by atoms with Gasteiger partial charge in [-0.1, -0.05) is 18.2 Å².